The number of anilines is 2. The van der Waals surface area contributed by atoms with Crippen LogP contribution in [0.5, 0.6) is 0 Å². The van der Waals surface area contributed by atoms with Gasteiger partial charge in [-0.25, -0.2) is 9.78 Å². The maximum Gasteiger partial charge on any atom is 0.339 e. The Kier molecular flexibility index (Phi) is 3.93. The number of pyridine rings is 1. The summed E-state index contributed by atoms with van der Waals surface area (Å²) in [4.78, 5) is 15.1. The van der Waals surface area contributed by atoms with Gasteiger partial charge in [-0.1, -0.05) is 29.3 Å². The van der Waals surface area contributed by atoms with Crippen LogP contribution in [0.4, 0.5) is 11.5 Å². The van der Waals surface area contributed by atoms with E-state index in [0.29, 0.717) is 15.7 Å². The molecule has 0 bridgehead atoms. The Balaban J connectivity index is 2.48. The summed E-state index contributed by atoms with van der Waals surface area (Å²) in [7, 11) is 0. The second kappa shape index (κ2) is 5.47. The van der Waals surface area contributed by atoms with E-state index in [1.807, 2.05) is 6.92 Å². The Labute approximate surface area is 120 Å². The molecule has 0 saturated heterocycles. The lowest BCUT2D eigenvalue weighted by Gasteiger charge is -2.12. The van der Waals surface area contributed by atoms with Crippen molar-refractivity contribution in [3.8, 4) is 0 Å². The highest BCUT2D eigenvalue weighted by Gasteiger charge is 2.14. The van der Waals surface area contributed by atoms with Crippen LogP contribution in [0.3, 0.4) is 0 Å². The van der Waals surface area contributed by atoms with E-state index in [9.17, 15) is 4.79 Å². The largest absolute Gasteiger partial charge is 0.478 e. The summed E-state index contributed by atoms with van der Waals surface area (Å²) in [6, 6.07) is 6.48. The van der Waals surface area contributed by atoms with E-state index in [1.54, 1.807) is 18.2 Å². The van der Waals surface area contributed by atoms with Gasteiger partial charge in [0, 0.05) is 6.20 Å². The monoisotopic (exact) mass is 296 g/mol. The van der Waals surface area contributed by atoms with Crippen molar-refractivity contribution >= 4 is 40.7 Å². The zero-order valence-electron chi connectivity index (χ0n) is 9.95. The van der Waals surface area contributed by atoms with Crippen LogP contribution in [-0.2, 0) is 0 Å². The number of aromatic carboxylic acids is 1. The van der Waals surface area contributed by atoms with Crippen LogP contribution in [-0.4, -0.2) is 16.1 Å². The zero-order valence-corrected chi connectivity index (χ0v) is 11.5. The minimum Gasteiger partial charge on any atom is -0.478 e. The van der Waals surface area contributed by atoms with E-state index in [0.717, 1.165) is 5.56 Å². The van der Waals surface area contributed by atoms with Gasteiger partial charge in [0.25, 0.3) is 0 Å². The summed E-state index contributed by atoms with van der Waals surface area (Å²) in [5.74, 6) is -0.875. The van der Waals surface area contributed by atoms with Gasteiger partial charge in [0.15, 0.2) is 0 Å². The molecule has 4 nitrogen and oxygen atoms in total. The molecule has 0 radical (unpaired) electrons. The quantitative estimate of drug-likeness (QED) is 0.893. The number of carboxylic acids is 1. The van der Waals surface area contributed by atoms with Crippen molar-refractivity contribution in [2.45, 2.75) is 6.92 Å². The van der Waals surface area contributed by atoms with E-state index >= 15 is 0 Å². The minimum absolute atomic E-state index is 0.0520. The molecule has 2 rings (SSSR count). The zero-order chi connectivity index (χ0) is 14.0. The van der Waals surface area contributed by atoms with Crippen LogP contribution in [0, 0.1) is 6.92 Å². The molecule has 0 fully saturated rings. The molecular formula is C13H10Cl2N2O2. The fourth-order valence-electron chi connectivity index (χ4n) is 1.57. The minimum atomic E-state index is -1.07. The molecule has 0 aliphatic rings. The van der Waals surface area contributed by atoms with Gasteiger partial charge in [0.05, 0.1) is 15.7 Å². The molecule has 0 aliphatic heterocycles. The SMILES string of the molecule is Cc1ccc(Cl)c(Nc2ncccc2C(=O)O)c1Cl. The molecule has 19 heavy (non-hydrogen) atoms. The van der Waals surface area contributed by atoms with Gasteiger partial charge in [-0.05, 0) is 30.7 Å². The lowest BCUT2D eigenvalue weighted by Crippen LogP contribution is -2.05. The van der Waals surface area contributed by atoms with Gasteiger partial charge in [0.1, 0.15) is 11.4 Å². The first-order chi connectivity index (χ1) is 9.00. The molecule has 1 aromatic heterocycles. The molecule has 98 valence electrons. The van der Waals surface area contributed by atoms with Crippen LogP contribution in [0.25, 0.3) is 0 Å². The van der Waals surface area contributed by atoms with E-state index in [4.69, 9.17) is 28.3 Å². The third-order valence-corrected chi connectivity index (χ3v) is 3.37. The normalized spacial score (nSPS) is 10.3. The number of aryl methyl sites for hydroxylation is 1. The number of nitrogens with one attached hydrogen (secondary N) is 1. The summed E-state index contributed by atoms with van der Waals surface area (Å²) < 4.78 is 0. The van der Waals surface area contributed by atoms with Crippen molar-refractivity contribution in [1.82, 2.24) is 4.98 Å². The Hall–Kier alpha value is -1.78. The van der Waals surface area contributed by atoms with Crippen LogP contribution >= 0.6 is 23.2 Å². The molecule has 0 atom stereocenters. The third kappa shape index (κ3) is 2.80. The molecular weight excluding hydrogens is 287 g/mol. The number of benzene rings is 1. The number of carbonyl (C=O) groups is 1. The summed E-state index contributed by atoms with van der Waals surface area (Å²) in [6.45, 7) is 1.83. The molecule has 0 saturated carbocycles. The standard InChI is InChI=1S/C13H10Cl2N2O2/c1-7-4-5-9(14)11(10(7)15)17-12-8(13(18)19)3-2-6-16-12/h2-6H,1H3,(H,16,17)(H,18,19). The molecule has 0 amide bonds. The van der Waals surface area contributed by atoms with Crippen molar-refractivity contribution in [1.29, 1.82) is 0 Å². The van der Waals surface area contributed by atoms with E-state index in [-0.39, 0.29) is 11.4 Å². The molecule has 0 unspecified atom stereocenters. The highest BCUT2D eigenvalue weighted by Crippen LogP contribution is 2.35. The third-order valence-electron chi connectivity index (χ3n) is 2.57. The summed E-state index contributed by atoms with van der Waals surface area (Å²) in [5.41, 5.74) is 1.34. The molecule has 2 aromatic rings. The van der Waals surface area contributed by atoms with Gasteiger partial charge in [-0.15, -0.1) is 0 Å². The van der Waals surface area contributed by atoms with Crippen LogP contribution in [0.2, 0.25) is 10.0 Å². The van der Waals surface area contributed by atoms with Crippen LogP contribution in [0.15, 0.2) is 30.5 Å². The molecule has 6 heteroatoms. The van der Waals surface area contributed by atoms with Crippen molar-refractivity contribution in [2.75, 3.05) is 5.32 Å². The number of carboxylic acid groups (broad SMARTS) is 1. The maximum atomic E-state index is 11.1. The van der Waals surface area contributed by atoms with Gasteiger partial charge in [0.2, 0.25) is 0 Å². The van der Waals surface area contributed by atoms with Crippen molar-refractivity contribution < 1.29 is 9.90 Å². The fourth-order valence-corrected chi connectivity index (χ4v) is 2.03. The van der Waals surface area contributed by atoms with E-state index < -0.39 is 5.97 Å². The Bertz CT molecular complexity index is 645. The van der Waals surface area contributed by atoms with Gasteiger partial charge in [-0.3, -0.25) is 0 Å². The summed E-state index contributed by atoms with van der Waals surface area (Å²) >= 11 is 12.2. The average molecular weight is 297 g/mol. The van der Waals surface area contributed by atoms with Crippen LogP contribution < -0.4 is 5.32 Å². The lowest BCUT2D eigenvalue weighted by atomic mass is 10.2. The number of rotatable bonds is 3. The average Bonchev–Trinajstić information content (AvgIpc) is 2.39. The Morgan fingerprint density at radius 1 is 1.32 bits per heavy atom. The Morgan fingerprint density at radius 2 is 2.05 bits per heavy atom. The molecule has 1 aromatic carbocycles. The van der Waals surface area contributed by atoms with Gasteiger partial charge >= 0.3 is 5.97 Å². The lowest BCUT2D eigenvalue weighted by molar-refractivity contribution is 0.0697. The second-order valence-corrected chi connectivity index (χ2v) is 4.67. The van der Waals surface area contributed by atoms with Crippen LogP contribution in [0.1, 0.15) is 15.9 Å². The number of halogens is 2. The van der Waals surface area contributed by atoms with Gasteiger partial charge < -0.3 is 10.4 Å². The predicted octanol–water partition coefficient (Wildman–Crippen LogP) is 4.14. The first-order valence-electron chi connectivity index (χ1n) is 5.40. The molecule has 1 heterocycles. The first-order valence-corrected chi connectivity index (χ1v) is 6.16. The maximum absolute atomic E-state index is 11.1. The topological polar surface area (TPSA) is 62.2 Å². The van der Waals surface area contributed by atoms with Crippen molar-refractivity contribution in [3.05, 3.63) is 51.6 Å². The van der Waals surface area contributed by atoms with Gasteiger partial charge in [-0.2, -0.15) is 0 Å². The smallest absolute Gasteiger partial charge is 0.339 e. The van der Waals surface area contributed by atoms with Crippen molar-refractivity contribution in [2.24, 2.45) is 0 Å². The molecule has 0 aliphatic carbocycles. The molecule has 2 N–H and O–H groups in total. The fraction of sp³-hybridized carbons (Fsp3) is 0.0769. The predicted molar refractivity (Wildman–Crippen MR) is 75.7 cm³/mol. The Morgan fingerprint density at radius 3 is 2.74 bits per heavy atom. The first kappa shape index (κ1) is 13.6. The second-order valence-electron chi connectivity index (χ2n) is 3.88. The molecule has 0 spiro atoms. The number of hydrogen-bond acceptors (Lipinski definition) is 3. The highest BCUT2D eigenvalue weighted by molar-refractivity contribution is 6.39. The van der Waals surface area contributed by atoms with E-state index in [2.05, 4.69) is 10.3 Å². The summed E-state index contributed by atoms with van der Waals surface area (Å²) in [6.07, 6.45) is 1.49. The summed E-state index contributed by atoms with van der Waals surface area (Å²) in [5, 5.41) is 12.8. The number of nitrogens with zero attached hydrogens (tertiary/aromatic N) is 1. The number of aromatic nitrogens is 1. The number of hydrogen-bond donors (Lipinski definition) is 2. The van der Waals surface area contributed by atoms with E-state index in [1.165, 1.54) is 12.3 Å². The van der Waals surface area contributed by atoms with Crippen molar-refractivity contribution in [3.63, 3.8) is 0 Å². The highest BCUT2D eigenvalue weighted by atomic mass is 35.5.